The molecule has 8 nitrogen and oxygen atoms in total. The van der Waals surface area contributed by atoms with Crippen molar-refractivity contribution in [1.29, 1.82) is 0 Å². The topological polar surface area (TPSA) is 119 Å². The van der Waals surface area contributed by atoms with Crippen LogP contribution in [0.15, 0.2) is 24.3 Å². The Bertz CT molecular complexity index is 900. The molecule has 0 aliphatic heterocycles. The van der Waals surface area contributed by atoms with E-state index in [1.165, 1.54) is 135 Å². The van der Waals surface area contributed by atoms with Gasteiger partial charge in [-0.05, 0) is 44.9 Å². The van der Waals surface area contributed by atoms with E-state index in [0.29, 0.717) is 6.42 Å². The van der Waals surface area contributed by atoms with E-state index in [1.807, 2.05) is 0 Å². The summed E-state index contributed by atoms with van der Waals surface area (Å²) < 4.78 is 26.4. The van der Waals surface area contributed by atoms with Crippen LogP contribution in [0.4, 0.5) is 0 Å². The van der Waals surface area contributed by atoms with Crippen molar-refractivity contribution in [1.82, 2.24) is 0 Å². The number of hydrogen-bond acceptors (Lipinski definition) is 6. The molecule has 0 aliphatic rings. The van der Waals surface area contributed by atoms with Crippen LogP contribution in [0, 0.1) is 0 Å². The zero-order valence-corrected chi connectivity index (χ0v) is 34.6. The molecule has 0 aliphatic carbocycles. The minimum atomic E-state index is -4.75. The van der Waals surface area contributed by atoms with Crippen molar-refractivity contribution in [2.24, 2.45) is 0 Å². The summed E-state index contributed by atoms with van der Waals surface area (Å²) in [6, 6.07) is 0. The fraction of sp³-hybridized carbons (Fsp3) is 0.860. The lowest BCUT2D eigenvalue weighted by atomic mass is 10.0. The zero-order valence-electron chi connectivity index (χ0n) is 33.7. The average Bonchev–Trinajstić information content (AvgIpc) is 3.11. The van der Waals surface area contributed by atoms with E-state index in [0.717, 1.165) is 51.4 Å². The maximum atomic E-state index is 12.4. The number of unbranched alkanes of at least 4 members (excludes halogenated alkanes) is 26. The molecule has 0 saturated heterocycles. The minimum absolute atomic E-state index is 0.206. The molecule has 0 aromatic rings. The highest BCUT2D eigenvalue weighted by Crippen LogP contribution is 2.36. The van der Waals surface area contributed by atoms with Gasteiger partial charge in [-0.1, -0.05) is 186 Å². The van der Waals surface area contributed by atoms with E-state index in [-0.39, 0.29) is 19.4 Å². The van der Waals surface area contributed by atoms with Crippen molar-refractivity contribution in [2.75, 3.05) is 13.2 Å². The molecule has 0 radical (unpaired) electrons. The lowest BCUT2D eigenvalue weighted by Crippen LogP contribution is -2.29. The van der Waals surface area contributed by atoms with Crippen LogP contribution in [-0.4, -0.2) is 41.0 Å². The molecule has 0 aromatic carbocycles. The van der Waals surface area contributed by atoms with Gasteiger partial charge in [0.2, 0.25) is 0 Å². The molecule has 52 heavy (non-hydrogen) atoms. The lowest BCUT2D eigenvalue weighted by molar-refractivity contribution is -0.161. The van der Waals surface area contributed by atoms with E-state index < -0.39 is 32.5 Å². The summed E-state index contributed by atoms with van der Waals surface area (Å²) in [7, 11) is -4.75. The van der Waals surface area contributed by atoms with Crippen molar-refractivity contribution in [3.05, 3.63) is 24.3 Å². The van der Waals surface area contributed by atoms with Crippen molar-refractivity contribution in [3.8, 4) is 0 Å². The number of allylic oxidation sites excluding steroid dienone is 4. The van der Waals surface area contributed by atoms with Crippen LogP contribution in [0.5, 0.6) is 0 Å². The Balaban J connectivity index is 3.89. The van der Waals surface area contributed by atoms with Gasteiger partial charge >= 0.3 is 19.8 Å². The molecule has 0 fully saturated rings. The van der Waals surface area contributed by atoms with Crippen LogP contribution in [-0.2, 0) is 28.2 Å². The van der Waals surface area contributed by atoms with Crippen LogP contribution < -0.4 is 0 Å². The molecule has 0 rings (SSSR count). The molecule has 0 bridgehead atoms. The summed E-state index contributed by atoms with van der Waals surface area (Å²) in [6.45, 7) is 3.68. The van der Waals surface area contributed by atoms with Gasteiger partial charge in [0.05, 0.1) is 6.61 Å². The second-order valence-corrected chi connectivity index (χ2v) is 15.9. The molecule has 0 aromatic heterocycles. The Morgan fingerprint density at radius 3 is 1.29 bits per heavy atom. The Morgan fingerprint density at radius 1 is 0.500 bits per heavy atom. The van der Waals surface area contributed by atoms with Gasteiger partial charge in [-0.15, -0.1) is 0 Å². The van der Waals surface area contributed by atoms with Gasteiger partial charge < -0.3 is 19.3 Å². The van der Waals surface area contributed by atoms with Crippen molar-refractivity contribution < 1.29 is 37.9 Å². The Kier molecular flexibility index (Phi) is 38.1. The van der Waals surface area contributed by atoms with Crippen LogP contribution in [0.3, 0.4) is 0 Å². The number of phosphoric ester groups is 1. The number of carbonyl (C=O) groups is 2. The first-order chi connectivity index (χ1) is 25.3. The summed E-state index contributed by atoms with van der Waals surface area (Å²) in [5.74, 6) is -0.884. The summed E-state index contributed by atoms with van der Waals surface area (Å²) in [5, 5.41) is 0. The predicted octanol–water partition coefficient (Wildman–Crippen LogP) is 13.2. The number of rotatable bonds is 40. The summed E-state index contributed by atoms with van der Waals surface area (Å²) in [5.41, 5.74) is 0. The van der Waals surface area contributed by atoms with E-state index in [2.05, 4.69) is 42.7 Å². The monoisotopic (exact) mass is 757 g/mol. The van der Waals surface area contributed by atoms with Crippen LogP contribution in [0.25, 0.3) is 0 Å². The summed E-state index contributed by atoms with van der Waals surface area (Å²) >= 11 is 0. The first-order valence-corrected chi connectivity index (χ1v) is 23.2. The molecule has 0 spiro atoms. The summed E-state index contributed by atoms with van der Waals surface area (Å²) in [6.07, 6.45) is 44.6. The van der Waals surface area contributed by atoms with Crippen LogP contribution in [0.2, 0.25) is 0 Å². The molecule has 306 valence electrons. The highest BCUT2D eigenvalue weighted by atomic mass is 31.2. The van der Waals surface area contributed by atoms with E-state index in [1.54, 1.807) is 0 Å². The second-order valence-electron chi connectivity index (χ2n) is 14.7. The average molecular weight is 757 g/mol. The number of hydrogen-bond donors (Lipinski definition) is 2. The molecule has 1 atom stereocenters. The minimum Gasteiger partial charge on any atom is -0.462 e. The molecule has 1 unspecified atom stereocenters. The maximum Gasteiger partial charge on any atom is 0.469 e. The predicted molar refractivity (Wildman–Crippen MR) is 216 cm³/mol. The van der Waals surface area contributed by atoms with Crippen molar-refractivity contribution in [3.63, 3.8) is 0 Å². The van der Waals surface area contributed by atoms with Crippen molar-refractivity contribution in [2.45, 2.75) is 225 Å². The standard InChI is InChI=1S/C43H81O8P/c1-3-5-7-9-11-13-15-17-19-21-22-24-26-28-30-32-34-36-38-43(45)51-41(40-50-52(46,47)48)39-49-42(44)37-35-33-31-29-27-25-23-20-18-16-14-12-10-8-6-4-2/h13,15,19,21,41H,3-12,14,16-18,20,22-40H2,1-2H3,(H2,46,47,48)/b15-13-,21-19-. The third kappa shape index (κ3) is 41.3. The summed E-state index contributed by atoms with van der Waals surface area (Å²) in [4.78, 5) is 42.9. The zero-order chi connectivity index (χ0) is 38.2. The van der Waals surface area contributed by atoms with Gasteiger partial charge in [-0.25, -0.2) is 4.57 Å². The lowest BCUT2D eigenvalue weighted by Gasteiger charge is -2.18. The normalized spacial score (nSPS) is 12.6. The van der Waals surface area contributed by atoms with Crippen LogP contribution in [0.1, 0.15) is 219 Å². The van der Waals surface area contributed by atoms with E-state index >= 15 is 0 Å². The number of ether oxygens (including phenoxy) is 2. The number of esters is 2. The SMILES string of the molecule is CCCCCC/C=C\C/C=C\CCCCCCCCCC(=O)OC(COC(=O)CCCCCCCCCCCCCCCCCC)COP(=O)(O)O. The Morgan fingerprint density at radius 2 is 0.865 bits per heavy atom. The van der Waals surface area contributed by atoms with E-state index in [9.17, 15) is 14.2 Å². The maximum absolute atomic E-state index is 12.4. The van der Waals surface area contributed by atoms with Gasteiger partial charge in [0, 0.05) is 12.8 Å². The highest BCUT2D eigenvalue weighted by Gasteiger charge is 2.22. The van der Waals surface area contributed by atoms with Gasteiger partial charge in [0.25, 0.3) is 0 Å². The molecular weight excluding hydrogens is 675 g/mol. The third-order valence-electron chi connectivity index (χ3n) is 9.47. The van der Waals surface area contributed by atoms with Gasteiger partial charge in [0.15, 0.2) is 6.10 Å². The Labute approximate surface area is 319 Å². The number of carbonyl (C=O) groups excluding carboxylic acids is 2. The number of phosphoric acid groups is 1. The largest absolute Gasteiger partial charge is 0.469 e. The van der Waals surface area contributed by atoms with E-state index in [4.69, 9.17) is 19.3 Å². The molecule has 0 amide bonds. The second kappa shape index (κ2) is 39.2. The molecule has 2 N–H and O–H groups in total. The first-order valence-electron chi connectivity index (χ1n) is 21.6. The molecule has 0 heterocycles. The van der Waals surface area contributed by atoms with Gasteiger partial charge in [0.1, 0.15) is 6.61 Å². The molecular formula is C43H81O8P. The highest BCUT2D eigenvalue weighted by molar-refractivity contribution is 7.46. The Hall–Kier alpha value is -1.47. The first kappa shape index (κ1) is 50.5. The van der Waals surface area contributed by atoms with Gasteiger partial charge in [-0.3, -0.25) is 14.1 Å². The smallest absolute Gasteiger partial charge is 0.462 e. The van der Waals surface area contributed by atoms with Crippen molar-refractivity contribution >= 4 is 19.8 Å². The fourth-order valence-corrected chi connectivity index (χ4v) is 6.59. The molecule has 0 saturated carbocycles. The molecule has 9 heteroatoms. The van der Waals surface area contributed by atoms with Crippen LogP contribution >= 0.6 is 7.82 Å². The van der Waals surface area contributed by atoms with Gasteiger partial charge in [-0.2, -0.15) is 0 Å². The third-order valence-corrected chi connectivity index (χ3v) is 9.96. The quantitative estimate of drug-likeness (QED) is 0.0274. The fourth-order valence-electron chi connectivity index (χ4n) is 6.23.